The Balaban J connectivity index is 2.82. The van der Waals surface area contributed by atoms with Crippen molar-refractivity contribution in [1.29, 1.82) is 0 Å². The van der Waals surface area contributed by atoms with Crippen LogP contribution in [0.5, 0.6) is 0 Å². The van der Waals surface area contributed by atoms with E-state index in [1.54, 1.807) is 0 Å². The van der Waals surface area contributed by atoms with E-state index in [1.165, 1.54) is 22.2 Å². The van der Waals surface area contributed by atoms with Crippen LogP contribution in [0, 0.1) is 13.8 Å². The summed E-state index contributed by atoms with van der Waals surface area (Å²) in [6.07, 6.45) is 4.02. The molecule has 0 bridgehead atoms. The van der Waals surface area contributed by atoms with Gasteiger partial charge in [-0.2, -0.15) is 5.10 Å². The van der Waals surface area contributed by atoms with Crippen LogP contribution >= 0.6 is 0 Å². The second kappa shape index (κ2) is 3.12. The molecular formula is C12H16N2. The zero-order chi connectivity index (χ0) is 10.3. The van der Waals surface area contributed by atoms with Gasteiger partial charge in [-0.1, -0.05) is 13.8 Å². The average Bonchev–Trinajstić information content (AvgIpc) is 2.43. The predicted octanol–water partition coefficient (Wildman–Crippen LogP) is 3.07. The molecule has 0 atom stereocenters. The van der Waals surface area contributed by atoms with Crippen molar-refractivity contribution in [2.24, 2.45) is 0 Å². The molecule has 2 rings (SSSR count). The summed E-state index contributed by atoms with van der Waals surface area (Å²) in [6, 6.07) is 2.20. The van der Waals surface area contributed by atoms with Gasteiger partial charge in [-0.3, -0.25) is 0 Å². The van der Waals surface area contributed by atoms with Crippen LogP contribution in [0.1, 0.15) is 36.5 Å². The molecule has 2 heterocycles. The Labute approximate surface area is 84.6 Å². The summed E-state index contributed by atoms with van der Waals surface area (Å²) in [7, 11) is 0. The van der Waals surface area contributed by atoms with Crippen molar-refractivity contribution in [2.75, 3.05) is 0 Å². The van der Waals surface area contributed by atoms with Crippen molar-refractivity contribution < 1.29 is 0 Å². The van der Waals surface area contributed by atoms with Crippen molar-refractivity contribution in [3.05, 3.63) is 35.2 Å². The number of aryl methyl sites for hydroxylation is 2. The predicted molar refractivity (Wildman–Crippen MR) is 58.8 cm³/mol. The maximum Gasteiger partial charge on any atom is 0.0686 e. The van der Waals surface area contributed by atoms with E-state index in [1.807, 2.05) is 10.7 Å². The Morgan fingerprint density at radius 3 is 2.64 bits per heavy atom. The first-order valence-corrected chi connectivity index (χ1v) is 5.04. The van der Waals surface area contributed by atoms with Crippen molar-refractivity contribution in [3.8, 4) is 0 Å². The zero-order valence-electron chi connectivity index (χ0n) is 9.20. The summed E-state index contributed by atoms with van der Waals surface area (Å²) in [6.45, 7) is 8.69. The molecule has 0 unspecified atom stereocenters. The molecule has 0 amide bonds. The number of nitrogens with zero attached hydrogens (tertiary/aromatic N) is 2. The van der Waals surface area contributed by atoms with Gasteiger partial charge in [-0.05, 0) is 42.5 Å². The van der Waals surface area contributed by atoms with E-state index in [2.05, 4.69) is 45.1 Å². The molecule has 0 radical (unpaired) electrons. The fourth-order valence-corrected chi connectivity index (χ4v) is 2.05. The zero-order valence-corrected chi connectivity index (χ0v) is 9.20. The molecule has 0 aliphatic heterocycles. The molecule has 2 aromatic heterocycles. The smallest absolute Gasteiger partial charge is 0.0686 e. The standard InChI is InChI=1S/C12H16N2/c1-8(2)12-10(4)6-13-14-7-9(3)5-11(12)14/h5-8H,1-4H3. The van der Waals surface area contributed by atoms with Crippen molar-refractivity contribution in [1.82, 2.24) is 9.61 Å². The molecule has 0 spiro atoms. The summed E-state index contributed by atoms with van der Waals surface area (Å²) in [5.41, 5.74) is 5.21. The monoisotopic (exact) mass is 188 g/mol. The van der Waals surface area contributed by atoms with Crippen LogP contribution in [0.15, 0.2) is 18.5 Å². The lowest BCUT2D eigenvalue weighted by Gasteiger charge is -2.10. The van der Waals surface area contributed by atoms with Crippen LogP contribution in [0.3, 0.4) is 0 Å². The molecule has 0 saturated heterocycles. The Kier molecular flexibility index (Phi) is 2.06. The van der Waals surface area contributed by atoms with Gasteiger partial charge >= 0.3 is 0 Å². The molecule has 2 aromatic rings. The van der Waals surface area contributed by atoms with E-state index >= 15 is 0 Å². The molecular weight excluding hydrogens is 172 g/mol. The highest BCUT2D eigenvalue weighted by Gasteiger charge is 2.10. The minimum atomic E-state index is 0.551. The molecule has 2 nitrogen and oxygen atoms in total. The minimum absolute atomic E-state index is 0.551. The first kappa shape index (κ1) is 9.25. The van der Waals surface area contributed by atoms with E-state index in [9.17, 15) is 0 Å². The van der Waals surface area contributed by atoms with Gasteiger partial charge in [-0.15, -0.1) is 0 Å². The lowest BCUT2D eigenvalue weighted by molar-refractivity contribution is 0.827. The van der Waals surface area contributed by atoms with Gasteiger partial charge in [-0.25, -0.2) is 4.52 Å². The first-order chi connectivity index (χ1) is 6.59. The normalized spacial score (nSPS) is 11.5. The number of hydrogen-bond acceptors (Lipinski definition) is 1. The fourth-order valence-electron chi connectivity index (χ4n) is 2.05. The van der Waals surface area contributed by atoms with Crippen LogP contribution in [-0.4, -0.2) is 9.61 Å². The number of fused-ring (bicyclic) bond motifs is 1. The second-order valence-electron chi connectivity index (χ2n) is 4.24. The molecule has 0 N–H and O–H groups in total. The number of rotatable bonds is 1. The molecule has 0 saturated carbocycles. The van der Waals surface area contributed by atoms with Crippen LogP contribution < -0.4 is 0 Å². The maximum atomic E-state index is 4.36. The summed E-state index contributed by atoms with van der Waals surface area (Å²) in [4.78, 5) is 0. The molecule has 0 aliphatic carbocycles. The quantitative estimate of drug-likeness (QED) is 0.672. The SMILES string of the molecule is Cc1cc2c(C(C)C)c(C)cnn2c1. The molecule has 2 heteroatoms. The second-order valence-corrected chi connectivity index (χ2v) is 4.24. The van der Waals surface area contributed by atoms with E-state index in [-0.39, 0.29) is 0 Å². The molecule has 74 valence electrons. The highest BCUT2D eigenvalue weighted by molar-refractivity contribution is 5.59. The topological polar surface area (TPSA) is 17.3 Å². The third-order valence-corrected chi connectivity index (χ3v) is 2.59. The number of hydrogen-bond donors (Lipinski definition) is 0. The highest BCUT2D eigenvalue weighted by atomic mass is 15.2. The summed E-state index contributed by atoms with van der Waals surface area (Å²) >= 11 is 0. The molecule has 14 heavy (non-hydrogen) atoms. The van der Waals surface area contributed by atoms with Crippen LogP contribution in [0.25, 0.3) is 5.52 Å². The summed E-state index contributed by atoms with van der Waals surface area (Å²) in [5, 5.41) is 4.36. The summed E-state index contributed by atoms with van der Waals surface area (Å²) in [5.74, 6) is 0.551. The van der Waals surface area contributed by atoms with Gasteiger partial charge in [0.25, 0.3) is 0 Å². The Morgan fingerprint density at radius 2 is 2.00 bits per heavy atom. The third kappa shape index (κ3) is 1.31. The summed E-state index contributed by atoms with van der Waals surface area (Å²) < 4.78 is 1.97. The Bertz CT molecular complexity index is 466. The van der Waals surface area contributed by atoms with Gasteiger partial charge in [0.15, 0.2) is 0 Å². The lowest BCUT2D eigenvalue weighted by Crippen LogP contribution is -1.99. The van der Waals surface area contributed by atoms with Gasteiger partial charge in [0.1, 0.15) is 0 Å². The van der Waals surface area contributed by atoms with E-state index in [4.69, 9.17) is 0 Å². The molecule has 0 fully saturated rings. The minimum Gasteiger partial charge on any atom is -0.240 e. The number of aromatic nitrogens is 2. The van der Waals surface area contributed by atoms with Gasteiger partial charge < -0.3 is 0 Å². The fraction of sp³-hybridized carbons (Fsp3) is 0.417. The van der Waals surface area contributed by atoms with Crippen LogP contribution in [0.4, 0.5) is 0 Å². The van der Waals surface area contributed by atoms with Crippen LogP contribution in [0.2, 0.25) is 0 Å². The van der Waals surface area contributed by atoms with Gasteiger partial charge in [0, 0.05) is 6.20 Å². The maximum absolute atomic E-state index is 4.36. The van der Waals surface area contributed by atoms with E-state index < -0.39 is 0 Å². The van der Waals surface area contributed by atoms with Crippen molar-refractivity contribution in [3.63, 3.8) is 0 Å². The van der Waals surface area contributed by atoms with Crippen LogP contribution in [-0.2, 0) is 0 Å². The Hall–Kier alpha value is -1.31. The van der Waals surface area contributed by atoms with Crippen molar-refractivity contribution in [2.45, 2.75) is 33.6 Å². The van der Waals surface area contributed by atoms with Gasteiger partial charge in [0.05, 0.1) is 11.7 Å². The largest absolute Gasteiger partial charge is 0.240 e. The van der Waals surface area contributed by atoms with Gasteiger partial charge in [0.2, 0.25) is 0 Å². The first-order valence-electron chi connectivity index (χ1n) is 5.04. The van der Waals surface area contributed by atoms with E-state index in [0.717, 1.165) is 0 Å². The lowest BCUT2D eigenvalue weighted by atomic mass is 9.99. The molecule has 0 aromatic carbocycles. The Morgan fingerprint density at radius 1 is 1.29 bits per heavy atom. The van der Waals surface area contributed by atoms with Crippen molar-refractivity contribution >= 4 is 5.52 Å². The third-order valence-electron chi connectivity index (χ3n) is 2.59. The highest BCUT2D eigenvalue weighted by Crippen LogP contribution is 2.24. The molecule has 0 aliphatic rings. The van der Waals surface area contributed by atoms with E-state index in [0.29, 0.717) is 5.92 Å². The average molecular weight is 188 g/mol.